The summed E-state index contributed by atoms with van der Waals surface area (Å²) in [7, 11) is 3.77. The highest BCUT2D eigenvalue weighted by atomic mass is 16.5. The lowest BCUT2D eigenvalue weighted by molar-refractivity contribution is 0.197. The summed E-state index contributed by atoms with van der Waals surface area (Å²) < 4.78 is 10.1. The van der Waals surface area contributed by atoms with E-state index in [4.69, 9.17) is 9.26 Å². The van der Waals surface area contributed by atoms with Gasteiger partial charge in [0.05, 0.1) is 18.8 Å². The van der Waals surface area contributed by atoms with Gasteiger partial charge in [0.25, 0.3) is 0 Å². The third-order valence-corrected chi connectivity index (χ3v) is 2.26. The highest BCUT2D eigenvalue weighted by Gasteiger charge is 2.04. The molecule has 0 aliphatic rings. The van der Waals surface area contributed by atoms with E-state index < -0.39 is 0 Å². The Hall–Kier alpha value is -0.910. The van der Waals surface area contributed by atoms with E-state index in [1.807, 2.05) is 13.0 Å². The first-order valence-electron chi connectivity index (χ1n) is 5.52. The highest BCUT2D eigenvalue weighted by molar-refractivity contribution is 5.02. The summed E-state index contributed by atoms with van der Waals surface area (Å²) in [6.45, 7) is 6.30. The molecular weight excluding hydrogens is 206 g/mol. The van der Waals surface area contributed by atoms with Crippen molar-refractivity contribution in [3.8, 4) is 0 Å². The molecule has 1 aromatic heterocycles. The Bertz CT molecular complexity index is 289. The molecule has 1 N–H and O–H groups in total. The van der Waals surface area contributed by atoms with E-state index in [2.05, 4.69) is 22.4 Å². The number of hydrogen-bond acceptors (Lipinski definition) is 5. The van der Waals surface area contributed by atoms with Crippen molar-refractivity contribution < 1.29 is 9.26 Å². The van der Waals surface area contributed by atoms with Crippen molar-refractivity contribution in [1.82, 2.24) is 15.4 Å². The molecule has 0 saturated carbocycles. The van der Waals surface area contributed by atoms with Crippen molar-refractivity contribution in [1.29, 1.82) is 0 Å². The summed E-state index contributed by atoms with van der Waals surface area (Å²) in [5, 5.41) is 7.15. The number of ether oxygens (including phenoxy) is 1. The van der Waals surface area contributed by atoms with Gasteiger partial charge in [-0.15, -0.1) is 0 Å². The van der Waals surface area contributed by atoms with E-state index in [1.54, 1.807) is 7.11 Å². The van der Waals surface area contributed by atoms with Crippen molar-refractivity contribution in [3.63, 3.8) is 0 Å². The van der Waals surface area contributed by atoms with Crippen LogP contribution in [0, 0.1) is 6.92 Å². The topological polar surface area (TPSA) is 50.5 Å². The third kappa shape index (κ3) is 5.25. The second-order valence-electron chi connectivity index (χ2n) is 3.92. The van der Waals surface area contributed by atoms with Crippen LogP contribution in [-0.4, -0.2) is 50.5 Å². The van der Waals surface area contributed by atoms with Gasteiger partial charge in [-0.1, -0.05) is 5.16 Å². The maximum atomic E-state index is 5.15. The summed E-state index contributed by atoms with van der Waals surface area (Å²) >= 11 is 0. The zero-order valence-electron chi connectivity index (χ0n) is 10.3. The lowest BCUT2D eigenvalue weighted by atomic mass is 10.3. The van der Waals surface area contributed by atoms with Crippen molar-refractivity contribution >= 4 is 0 Å². The summed E-state index contributed by atoms with van der Waals surface area (Å²) in [6, 6.07) is 1.97. The van der Waals surface area contributed by atoms with Crippen LogP contribution in [0.3, 0.4) is 0 Å². The second-order valence-corrected chi connectivity index (χ2v) is 3.92. The van der Waals surface area contributed by atoms with Crippen LogP contribution in [0.4, 0.5) is 0 Å². The summed E-state index contributed by atoms with van der Waals surface area (Å²) in [5.74, 6) is 0.914. The number of aryl methyl sites for hydroxylation is 1. The van der Waals surface area contributed by atoms with Crippen molar-refractivity contribution in [2.24, 2.45) is 0 Å². The van der Waals surface area contributed by atoms with E-state index in [9.17, 15) is 0 Å². The van der Waals surface area contributed by atoms with E-state index in [0.29, 0.717) is 0 Å². The Labute approximate surface area is 96.7 Å². The number of rotatable bonds is 8. The van der Waals surface area contributed by atoms with Crippen LogP contribution in [0.2, 0.25) is 0 Å². The molecule has 0 bridgehead atoms. The standard InChI is InChI=1S/C11H21N3O2/c1-10-8-11(16-13-10)9-14(2)6-4-12-5-7-15-3/h8,12H,4-7,9H2,1-3H3. The quantitative estimate of drug-likeness (QED) is 0.661. The number of nitrogens with one attached hydrogen (secondary N) is 1. The van der Waals surface area contributed by atoms with Crippen LogP contribution in [0.1, 0.15) is 11.5 Å². The van der Waals surface area contributed by atoms with Crippen LogP contribution < -0.4 is 5.32 Å². The first kappa shape index (κ1) is 13.2. The maximum Gasteiger partial charge on any atom is 0.150 e. The van der Waals surface area contributed by atoms with Gasteiger partial charge in [-0.05, 0) is 14.0 Å². The van der Waals surface area contributed by atoms with E-state index in [1.165, 1.54) is 0 Å². The summed E-state index contributed by atoms with van der Waals surface area (Å²) in [4.78, 5) is 2.19. The van der Waals surface area contributed by atoms with E-state index >= 15 is 0 Å². The third-order valence-electron chi connectivity index (χ3n) is 2.26. The molecule has 0 saturated heterocycles. The van der Waals surface area contributed by atoms with Crippen LogP contribution in [0.15, 0.2) is 10.6 Å². The molecule has 1 heterocycles. The number of likely N-dealkylation sites (N-methyl/N-ethyl adjacent to an activating group) is 1. The Balaban J connectivity index is 2.09. The van der Waals surface area contributed by atoms with Gasteiger partial charge in [0.2, 0.25) is 0 Å². The Morgan fingerprint density at radius 1 is 1.50 bits per heavy atom. The smallest absolute Gasteiger partial charge is 0.150 e. The van der Waals surface area contributed by atoms with Crippen molar-refractivity contribution in [2.75, 3.05) is 40.4 Å². The SMILES string of the molecule is COCCNCCN(C)Cc1cc(C)no1. The second kappa shape index (κ2) is 7.38. The van der Waals surface area contributed by atoms with Crippen LogP contribution in [-0.2, 0) is 11.3 Å². The van der Waals surface area contributed by atoms with Gasteiger partial charge in [0.15, 0.2) is 5.76 Å². The minimum atomic E-state index is 0.755. The Kier molecular flexibility index (Phi) is 6.07. The average Bonchev–Trinajstić information content (AvgIpc) is 2.63. The first-order valence-corrected chi connectivity index (χ1v) is 5.52. The fourth-order valence-electron chi connectivity index (χ4n) is 1.41. The van der Waals surface area contributed by atoms with Gasteiger partial charge in [-0.25, -0.2) is 0 Å². The van der Waals surface area contributed by atoms with Gasteiger partial charge in [0.1, 0.15) is 0 Å². The highest BCUT2D eigenvalue weighted by Crippen LogP contribution is 2.04. The zero-order valence-corrected chi connectivity index (χ0v) is 10.3. The molecule has 16 heavy (non-hydrogen) atoms. The number of aromatic nitrogens is 1. The summed E-state index contributed by atoms with van der Waals surface area (Å²) in [6.07, 6.45) is 0. The molecule has 0 aliphatic carbocycles. The molecule has 5 heteroatoms. The minimum Gasteiger partial charge on any atom is -0.383 e. The molecule has 0 amide bonds. The molecule has 5 nitrogen and oxygen atoms in total. The first-order chi connectivity index (χ1) is 7.72. The molecule has 0 radical (unpaired) electrons. The molecule has 0 aliphatic heterocycles. The van der Waals surface area contributed by atoms with Crippen LogP contribution in [0.25, 0.3) is 0 Å². The zero-order chi connectivity index (χ0) is 11.8. The van der Waals surface area contributed by atoms with Gasteiger partial charge in [0, 0.05) is 32.8 Å². The Morgan fingerprint density at radius 2 is 2.31 bits per heavy atom. The van der Waals surface area contributed by atoms with Crippen molar-refractivity contribution in [3.05, 3.63) is 17.5 Å². The molecule has 1 rings (SSSR count). The lowest BCUT2D eigenvalue weighted by Crippen LogP contribution is -2.30. The molecule has 0 fully saturated rings. The molecule has 92 valence electrons. The molecule has 0 atom stereocenters. The predicted octanol–water partition coefficient (Wildman–Crippen LogP) is 0.651. The molecule has 0 spiro atoms. The van der Waals surface area contributed by atoms with E-state index in [-0.39, 0.29) is 0 Å². The monoisotopic (exact) mass is 227 g/mol. The molecule has 0 aromatic carbocycles. The predicted molar refractivity (Wildman–Crippen MR) is 62.3 cm³/mol. The molecule has 0 unspecified atom stereocenters. The molecular formula is C11H21N3O2. The van der Waals surface area contributed by atoms with Crippen molar-refractivity contribution in [2.45, 2.75) is 13.5 Å². The fourth-order valence-corrected chi connectivity index (χ4v) is 1.41. The summed E-state index contributed by atoms with van der Waals surface area (Å²) in [5.41, 5.74) is 0.932. The van der Waals surface area contributed by atoms with E-state index in [0.717, 1.165) is 44.2 Å². The normalized spacial score (nSPS) is 11.2. The number of hydrogen-bond donors (Lipinski definition) is 1. The van der Waals surface area contributed by atoms with Crippen LogP contribution >= 0.6 is 0 Å². The maximum absolute atomic E-state index is 5.15. The number of methoxy groups -OCH3 is 1. The van der Waals surface area contributed by atoms with Gasteiger partial charge in [-0.2, -0.15) is 0 Å². The van der Waals surface area contributed by atoms with Gasteiger partial charge >= 0.3 is 0 Å². The Morgan fingerprint density at radius 3 is 2.94 bits per heavy atom. The molecule has 1 aromatic rings. The average molecular weight is 227 g/mol. The largest absolute Gasteiger partial charge is 0.383 e. The lowest BCUT2D eigenvalue weighted by Gasteiger charge is -2.14. The van der Waals surface area contributed by atoms with Gasteiger partial charge < -0.3 is 14.6 Å². The fraction of sp³-hybridized carbons (Fsp3) is 0.727. The van der Waals surface area contributed by atoms with Gasteiger partial charge in [-0.3, -0.25) is 4.90 Å². The minimum absolute atomic E-state index is 0.755. The number of nitrogens with zero attached hydrogens (tertiary/aromatic N) is 2. The van der Waals surface area contributed by atoms with Crippen LogP contribution in [0.5, 0.6) is 0 Å².